The summed E-state index contributed by atoms with van der Waals surface area (Å²) in [6.45, 7) is 6.63. The van der Waals surface area contributed by atoms with Gasteiger partial charge in [0, 0.05) is 0 Å². The Balaban J connectivity index is 3.04. The van der Waals surface area contributed by atoms with Crippen LogP contribution in [0.4, 0.5) is 9.59 Å². The Kier molecular flexibility index (Phi) is 8.45. The van der Waals surface area contributed by atoms with Gasteiger partial charge in [0.2, 0.25) is 0 Å². The summed E-state index contributed by atoms with van der Waals surface area (Å²) < 4.78 is 19.3. The molecule has 9 heteroatoms. The Labute approximate surface area is 160 Å². The number of ether oxygens (including phenoxy) is 4. The van der Waals surface area contributed by atoms with Crippen LogP contribution < -0.4 is 9.47 Å². The molecule has 26 heavy (non-hydrogen) atoms. The van der Waals surface area contributed by atoms with Crippen molar-refractivity contribution in [2.45, 2.75) is 51.0 Å². The first-order valence-corrected chi connectivity index (χ1v) is 8.97. The van der Waals surface area contributed by atoms with E-state index in [1.165, 1.54) is 12.1 Å². The molecule has 2 radical (unpaired) electrons. The summed E-state index contributed by atoms with van der Waals surface area (Å²) in [6, 6.07) is 4.39. The van der Waals surface area contributed by atoms with E-state index in [2.05, 4.69) is 0 Å². The summed E-state index contributed by atoms with van der Waals surface area (Å²) in [5.74, 6) is -1.09. The van der Waals surface area contributed by atoms with Gasteiger partial charge in [0.15, 0.2) is 0 Å². The van der Waals surface area contributed by atoms with Gasteiger partial charge in [0.05, 0.1) is 0 Å². The van der Waals surface area contributed by atoms with Crippen LogP contribution in [0.1, 0.15) is 33.3 Å². The van der Waals surface area contributed by atoms with E-state index in [1.54, 1.807) is 33.8 Å². The van der Waals surface area contributed by atoms with Crippen molar-refractivity contribution < 1.29 is 38.4 Å². The minimum atomic E-state index is -0.979. The molecule has 0 heterocycles. The van der Waals surface area contributed by atoms with Gasteiger partial charge in [-0.3, -0.25) is 0 Å². The number of hydrogen-bond acceptors (Lipinski definition) is 7. The van der Waals surface area contributed by atoms with E-state index in [9.17, 15) is 14.4 Å². The first kappa shape index (κ1) is 21.8. The zero-order valence-corrected chi connectivity index (χ0v) is 16.8. The molecule has 1 aromatic rings. The molecule has 0 spiro atoms. The quantitative estimate of drug-likeness (QED) is 0.401. The zero-order chi connectivity index (χ0) is 19.9. The number of rotatable bonds is 7. The molecule has 1 N–H and O–H groups in total. The van der Waals surface area contributed by atoms with Gasteiger partial charge in [-0.1, -0.05) is 0 Å². The monoisotopic (exact) mass is 428 g/mol. The SMILES string of the molecule is CC(C)OC(=O)Oc1ccc(C[C@H]([As])C(=O)O)cc1OC(=O)OC(C)C. The molecule has 0 fully saturated rings. The van der Waals surface area contributed by atoms with Crippen LogP contribution in [-0.2, 0) is 20.7 Å². The van der Waals surface area contributed by atoms with Crippen LogP contribution in [0.25, 0.3) is 0 Å². The van der Waals surface area contributed by atoms with E-state index in [4.69, 9.17) is 24.1 Å². The summed E-state index contributed by atoms with van der Waals surface area (Å²) in [6.07, 6.45) is -2.52. The van der Waals surface area contributed by atoms with Gasteiger partial charge in [-0.05, 0) is 0 Å². The van der Waals surface area contributed by atoms with Crippen LogP contribution in [0.15, 0.2) is 18.2 Å². The van der Waals surface area contributed by atoms with Crippen LogP contribution in [0, 0.1) is 0 Å². The Bertz CT molecular complexity index is 656. The van der Waals surface area contributed by atoms with E-state index in [0.717, 1.165) is 0 Å². The Morgan fingerprint density at radius 2 is 1.46 bits per heavy atom. The standard InChI is InChI=1S/C17H21AsO8/c1-9(2)23-16(21)25-13-6-5-11(7-12(18)15(19)20)8-14(13)26-17(22)24-10(3)4/h5-6,8-10,12H,7H2,1-4H3,(H,19,20)/t12-/m0/s1. The van der Waals surface area contributed by atoms with Crippen molar-refractivity contribution in [2.75, 3.05) is 0 Å². The van der Waals surface area contributed by atoms with Crippen molar-refractivity contribution in [3.05, 3.63) is 23.8 Å². The number of hydrogen-bond donors (Lipinski definition) is 1. The average molecular weight is 428 g/mol. The zero-order valence-electron chi connectivity index (χ0n) is 14.9. The van der Waals surface area contributed by atoms with Crippen LogP contribution in [-0.4, -0.2) is 52.4 Å². The van der Waals surface area contributed by atoms with E-state index < -0.39 is 29.1 Å². The van der Waals surface area contributed by atoms with Crippen molar-refractivity contribution in [3.8, 4) is 11.5 Å². The van der Waals surface area contributed by atoms with Crippen molar-refractivity contribution in [3.63, 3.8) is 0 Å². The molecule has 0 aliphatic carbocycles. The summed E-state index contributed by atoms with van der Waals surface area (Å²) in [7, 11) is 0. The summed E-state index contributed by atoms with van der Waals surface area (Å²) in [5.41, 5.74) is 0.579. The molecule has 0 amide bonds. The maximum absolute atomic E-state index is 11.8. The predicted molar refractivity (Wildman–Crippen MR) is 91.8 cm³/mol. The third-order valence-electron chi connectivity index (χ3n) is 2.77. The van der Waals surface area contributed by atoms with Gasteiger partial charge in [0.25, 0.3) is 0 Å². The molecule has 0 saturated carbocycles. The van der Waals surface area contributed by atoms with Gasteiger partial charge < -0.3 is 0 Å². The Morgan fingerprint density at radius 3 is 1.92 bits per heavy atom. The minimum absolute atomic E-state index is 0.0439. The maximum atomic E-state index is 11.8. The summed E-state index contributed by atoms with van der Waals surface area (Å²) in [5, 5.41) is 9.01. The fraction of sp³-hybridized carbons (Fsp3) is 0.471. The predicted octanol–water partition coefficient (Wildman–Crippen LogP) is 3.12. The number of carbonyl (C=O) groups is 3. The second-order valence-corrected chi connectivity index (χ2v) is 7.18. The number of carbonyl (C=O) groups excluding carboxylic acids is 2. The Hall–Kier alpha value is -2.21. The molecule has 1 aromatic carbocycles. The van der Waals surface area contributed by atoms with Crippen molar-refractivity contribution in [1.29, 1.82) is 0 Å². The van der Waals surface area contributed by atoms with Crippen LogP contribution in [0.3, 0.4) is 0 Å². The fourth-order valence-corrected chi connectivity index (χ4v) is 2.21. The number of carboxylic acid groups (broad SMARTS) is 1. The molecule has 0 aliphatic rings. The third kappa shape index (κ3) is 7.78. The van der Waals surface area contributed by atoms with Crippen molar-refractivity contribution in [1.82, 2.24) is 0 Å². The molecule has 0 aliphatic heterocycles. The average Bonchev–Trinajstić information content (AvgIpc) is 2.47. The number of carboxylic acids is 1. The van der Waals surface area contributed by atoms with Crippen LogP contribution >= 0.6 is 0 Å². The second-order valence-electron chi connectivity index (χ2n) is 5.88. The van der Waals surface area contributed by atoms with Crippen LogP contribution in [0.5, 0.6) is 11.5 Å². The molecule has 0 saturated heterocycles. The molecule has 0 aromatic heterocycles. The summed E-state index contributed by atoms with van der Waals surface area (Å²) in [4.78, 5) is 34.5. The normalized spacial score (nSPS) is 11.8. The molecule has 142 valence electrons. The van der Waals surface area contributed by atoms with E-state index in [-0.39, 0.29) is 24.0 Å². The fourth-order valence-electron chi connectivity index (χ4n) is 1.77. The first-order valence-electron chi connectivity index (χ1n) is 7.89. The van der Waals surface area contributed by atoms with E-state index in [0.29, 0.717) is 5.56 Å². The molecular weight excluding hydrogens is 407 g/mol. The molecule has 1 rings (SSSR count). The number of benzene rings is 1. The van der Waals surface area contributed by atoms with Crippen LogP contribution in [0.2, 0.25) is 4.71 Å². The number of aliphatic carboxylic acids is 1. The van der Waals surface area contributed by atoms with Crippen molar-refractivity contribution >= 4 is 35.1 Å². The van der Waals surface area contributed by atoms with Gasteiger partial charge >= 0.3 is 160 Å². The summed E-state index contributed by atoms with van der Waals surface area (Å²) >= 11 is 2.05. The van der Waals surface area contributed by atoms with E-state index in [1.807, 2.05) is 16.9 Å². The molecule has 8 nitrogen and oxygen atoms in total. The molecular formula is C17H21AsO8. The molecule has 0 bridgehead atoms. The molecule has 1 atom stereocenters. The van der Waals surface area contributed by atoms with E-state index >= 15 is 0 Å². The second kappa shape index (κ2) is 10.1. The Morgan fingerprint density at radius 1 is 0.962 bits per heavy atom. The van der Waals surface area contributed by atoms with Gasteiger partial charge in [0.1, 0.15) is 0 Å². The molecule has 0 unspecified atom stereocenters. The topological polar surface area (TPSA) is 108 Å². The van der Waals surface area contributed by atoms with Gasteiger partial charge in [-0.25, -0.2) is 0 Å². The van der Waals surface area contributed by atoms with Crippen molar-refractivity contribution in [2.24, 2.45) is 0 Å². The van der Waals surface area contributed by atoms with Gasteiger partial charge in [-0.2, -0.15) is 0 Å². The third-order valence-corrected chi connectivity index (χ3v) is 3.62. The first-order chi connectivity index (χ1) is 12.1. The van der Waals surface area contributed by atoms with Gasteiger partial charge in [-0.15, -0.1) is 0 Å².